The van der Waals surface area contributed by atoms with E-state index in [0.717, 1.165) is 48.0 Å². The number of benzene rings is 2. The monoisotopic (exact) mass is 517 g/mol. The van der Waals surface area contributed by atoms with Gasteiger partial charge in [-0.25, -0.2) is 4.98 Å². The molecule has 9 heteroatoms. The number of imidazole rings is 1. The topological polar surface area (TPSA) is 65.4 Å². The maximum absolute atomic E-state index is 13.1. The second-order valence-corrected chi connectivity index (χ2v) is 10.8. The molecule has 0 spiro atoms. The summed E-state index contributed by atoms with van der Waals surface area (Å²) < 4.78 is 51.8. The Morgan fingerprint density at radius 3 is 2.46 bits per heavy atom. The Labute approximate surface area is 215 Å². The van der Waals surface area contributed by atoms with E-state index in [1.54, 1.807) is 7.11 Å². The summed E-state index contributed by atoms with van der Waals surface area (Å²) in [7, 11) is 2.95. The third-order valence-electron chi connectivity index (χ3n) is 7.12. The third kappa shape index (κ3) is 6.02. The van der Waals surface area contributed by atoms with Crippen LogP contribution in [-0.2, 0) is 22.1 Å². The number of nitrogens with zero attached hydrogens (tertiary/aromatic N) is 2. The summed E-state index contributed by atoms with van der Waals surface area (Å²) in [5.41, 5.74) is 2.40. The van der Waals surface area contributed by atoms with Crippen LogP contribution in [0.1, 0.15) is 63.6 Å². The minimum absolute atomic E-state index is 0.134. The van der Waals surface area contributed by atoms with Crippen molar-refractivity contribution in [3.63, 3.8) is 0 Å². The number of anilines is 2. The van der Waals surface area contributed by atoms with Gasteiger partial charge >= 0.3 is 12.1 Å². The van der Waals surface area contributed by atoms with E-state index >= 15 is 0 Å². The summed E-state index contributed by atoms with van der Waals surface area (Å²) in [6.45, 7) is 6.79. The van der Waals surface area contributed by atoms with E-state index < -0.39 is 11.7 Å². The number of hydrogen-bond acceptors (Lipinski definition) is 5. The summed E-state index contributed by atoms with van der Waals surface area (Å²) in [5.74, 6) is 1.42. The standard InChI is InChI=1S/C28H34F3N3O3/c1-17-12-21(16-27(2,3)15-17)34-23-14-24(36-4)18(6-11-25(35)37-5)13-22(23)33-26(34)32-20-9-7-19(8-10-20)28(29,30)31/h7-10,13-14,17,21H,6,11-12,15-16H2,1-5H3,(H,32,33)/t17-,21-/m0/s1. The number of fused-ring (bicyclic) bond motifs is 1. The van der Waals surface area contributed by atoms with Gasteiger partial charge in [0.1, 0.15) is 5.75 Å². The van der Waals surface area contributed by atoms with Crippen LogP contribution in [-0.4, -0.2) is 29.7 Å². The fraction of sp³-hybridized carbons (Fsp3) is 0.500. The van der Waals surface area contributed by atoms with Gasteiger partial charge in [-0.15, -0.1) is 0 Å². The number of carbonyl (C=O) groups excluding carboxylic acids is 1. The fourth-order valence-electron chi connectivity index (χ4n) is 5.71. The first kappa shape index (κ1) is 26.8. The minimum atomic E-state index is -4.40. The molecule has 37 heavy (non-hydrogen) atoms. The van der Waals surface area contributed by atoms with Crippen LogP contribution in [0.15, 0.2) is 36.4 Å². The lowest BCUT2D eigenvalue weighted by molar-refractivity contribution is -0.140. The molecule has 3 aromatic rings. The fourth-order valence-corrected chi connectivity index (χ4v) is 5.71. The van der Waals surface area contributed by atoms with E-state index in [-0.39, 0.29) is 23.8 Å². The quantitative estimate of drug-likeness (QED) is 0.333. The number of rotatable bonds is 7. The average Bonchev–Trinajstić information content (AvgIpc) is 3.16. The number of carbonyl (C=O) groups is 1. The number of ether oxygens (including phenoxy) is 2. The van der Waals surface area contributed by atoms with Crippen molar-refractivity contribution in [2.45, 2.75) is 65.1 Å². The van der Waals surface area contributed by atoms with Crippen LogP contribution in [0.5, 0.6) is 5.75 Å². The Balaban J connectivity index is 1.79. The van der Waals surface area contributed by atoms with Crippen molar-refractivity contribution in [2.24, 2.45) is 11.3 Å². The van der Waals surface area contributed by atoms with Crippen molar-refractivity contribution in [1.29, 1.82) is 0 Å². The SMILES string of the molecule is COC(=O)CCc1cc2nc(Nc3ccc(C(F)(F)F)cc3)n([C@H]3C[C@H](C)CC(C)(C)C3)c2cc1OC. The van der Waals surface area contributed by atoms with Gasteiger partial charge in [-0.2, -0.15) is 13.2 Å². The molecule has 0 saturated heterocycles. The lowest BCUT2D eigenvalue weighted by atomic mass is 9.70. The molecule has 1 saturated carbocycles. The number of esters is 1. The number of nitrogens with one attached hydrogen (secondary N) is 1. The molecule has 1 aromatic heterocycles. The Morgan fingerprint density at radius 2 is 1.86 bits per heavy atom. The van der Waals surface area contributed by atoms with E-state index in [1.807, 2.05) is 12.1 Å². The summed E-state index contributed by atoms with van der Waals surface area (Å²) in [6, 6.07) is 8.97. The first-order valence-electron chi connectivity index (χ1n) is 12.5. The summed E-state index contributed by atoms with van der Waals surface area (Å²) in [5, 5.41) is 3.27. The van der Waals surface area contributed by atoms with Gasteiger partial charge in [0.2, 0.25) is 5.95 Å². The van der Waals surface area contributed by atoms with Gasteiger partial charge < -0.3 is 19.4 Å². The van der Waals surface area contributed by atoms with Gasteiger partial charge in [-0.3, -0.25) is 4.79 Å². The van der Waals surface area contributed by atoms with E-state index in [0.29, 0.717) is 29.7 Å². The average molecular weight is 518 g/mol. The molecule has 1 fully saturated rings. The van der Waals surface area contributed by atoms with Crippen LogP contribution in [0.4, 0.5) is 24.8 Å². The summed E-state index contributed by atoms with van der Waals surface area (Å²) >= 11 is 0. The first-order chi connectivity index (χ1) is 17.4. The molecule has 0 radical (unpaired) electrons. The second-order valence-electron chi connectivity index (χ2n) is 10.8. The van der Waals surface area contributed by atoms with Crippen LogP contribution in [0.2, 0.25) is 0 Å². The van der Waals surface area contributed by atoms with Crippen molar-refractivity contribution < 1.29 is 27.4 Å². The molecule has 2 aromatic carbocycles. The molecule has 0 aliphatic heterocycles. The highest BCUT2D eigenvalue weighted by Gasteiger charge is 2.35. The van der Waals surface area contributed by atoms with Gasteiger partial charge in [-0.05, 0) is 72.9 Å². The maximum atomic E-state index is 13.1. The normalized spacial score (nSPS) is 19.6. The molecule has 200 valence electrons. The van der Waals surface area contributed by atoms with Crippen LogP contribution < -0.4 is 10.1 Å². The molecule has 2 atom stereocenters. The van der Waals surface area contributed by atoms with E-state index in [9.17, 15) is 18.0 Å². The van der Waals surface area contributed by atoms with E-state index in [1.165, 1.54) is 19.2 Å². The third-order valence-corrected chi connectivity index (χ3v) is 7.12. The predicted molar refractivity (Wildman–Crippen MR) is 137 cm³/mol. The number of alkyl halides is 3. The van der Waals surface area contributed by atoms with Gasteiger partial charge in [0.15, 0.2) is 0 Å². The van der Waals surface area contributed by atoms with Crippen molar-refractivity contribution in [1.82, 2.24) is 9.55 Å². The molecule has 4 rings (SSSR count). The van der Waals surface area contributed by atoms with Crippen LogP contribution >= 0.6 is 0 Å². The zero-order valence-corrected chi connectivity index (χ0v) is 21.9. The molecule has 1 aliphatic rings. The van der Waals surface area contributed by atoms with Gasteiger partial charge in [0.05, 0.1) is 30.8 Å². The highest BCUT2D eigenvalue weighted by molar-refractivity contribution is 5.83. The lowest BCUT2D eigenvalue weighted by Gasteiger charge is -2.40. The Bertz CT molecular complexity index is 1270. The molecule has 0 unspecified atom stereocenters. The molecule has 1 N–H and O–H groups in total. The van der Waals surface area contributed by atoms with Crippen LogP contribution in [0.25, 0.3) is 11.0 Å². The first-order valence-corrected chi connectivity index (χ1v) is 12.5. The molecule has 6 nitrogen and oxygen atoms in total. The number of aromatic nitrogens is 2. The Morgan fingerprint density at radius 1 is 1.16 bits per heavy atom. The number of aryl methyl sites for hydroxylation is 1. The lowest BCUT2D eigenvalue weighted by Crippen LogP contribution is -2.29. The zero-order chi connectivity index (χ0) is 27.0. The molecule has 0 amide bonds. The molecular weight excluding hydrogens is 483 g/mol. The molecule has 1 heterocycles. The van der Waals surface area contributed by atoms with E-state index in [2.05, 4.69) is 30.7 Å². The number of halogens is 3. The summed E-state index contributed by atoms with van der Waals surface area (Å²) in [6.07, 6.45) is -0.719. The smallest absolute Gasteiger partial charge is 0.416 e. The molecule has 1 aliphatic carbocycles. The maximum Gasteiger partial charge on any atom is 0.416 e. The predicted octanol–water partition coefficient (Wildman–Crippen LogP) is 7.30. The van der Waals surface area contributed by atoms with Gasteiger partial charge in [-0.1, -0.05) is 20.8 Å². The Kier molecular flexibility index (Phi) is 7.44. The van der Waals surface area contributed by atoms with Crippen molar-refractivity contribution in [3.05, 3.63) is 47.5 Å². The molecule has 0 bridgehead atoms. The summed E-state index contributed by atoms with van der Waals surface area (Å²) in [4.78, 5) is 16.6. The highest BCUT2D eigenvalue weighted by Crippen LogP contribution is 2.46. The number of hydrogen-bond donors (Lipinski definition) is 1. The van der Waals surface area contributed by atoms with E-state index in [4.69, 9.17) is 14.5 Å². The zero-order valence-electron chi connectivity index (χ0n) is 21.9. The van der Waals surface area contributed by atoms with Crippen LogP contribution in [0.3, 0.4) is 0 Å². The van der Waals surface area contributed by atoms with Gasteiger partial charge in [0, 0.05) is 24.2 Å². The Hall–Kier alpha value is -3.23. The molecular formula is C28H34F3N3O3. The number of methoxy groups -OCH3 is 2. The largest absolute Gasteiger partial charge is 0.496 e. The van der Waals surface area contributed by atoms with Crippen LogP contribution in [0, 0.1) is 11.3 Å². The minimum Gasteiger partial charge on any atom is -0.496 e. The van der Waals surface area contributed by atoms with Gasteiger partial charge in [0.25, 0.3) is 0 Å². The van der Waals surface area contributed by atoms with Crippen molar-refractivity contribution in [2.75, 3.05) is 19.5 Å². The van der Waals surface area contributed by atoms with Crippen molar-refractivity contribution in [3.8, 4) is 5.75 Å². The second kappa shape index (κ2) is 10.3. The van der Waals surface area contributed by atoms with Crippen molar-refractivity contribution >= 4 is 28.6 Å². The highest BCUT2D eigenvalue weighted by atomic mass is 19.4.